The molecule has 6 nitrogen and oxygen atoms in total. The molecule has 26 heavy (non-hydrogen) atoms. The zero-order valence-corrected chi connectivity index (χ0v) is 16.0. The van der Waals surface area contributed by atoms with E-state index in [4.69, 9.17) is 4.74 Å². The second-order valence-corrected chi connectivity index (χ2v) is 8.29. The topological polar surface area (TPSA) is 50.6 Å². The Kier molecular flexibility index (Phi) is 5.60. The van der Waals surface area contributed by atoms with E-state index in [2.05, 4.69) is 26.4 Å². The van der Waals surface area contributed by atoms with Crippen molar-refractivity contribution in [2.45, 2.75) is 38.6 Å². The zero-order valence-electron chi connectivity index (χ0n) is 16.0. The first-order valence-corrected chi connectivity index (χ1v) is 10.3. The van der Waals surface area contributed by atoms with Crippen LogP contribution in [0.2, 0.25) is 0 Å². The van der Waals surface area contributed by atoms with Gasteiger partial charge in [-0.2, -0.15) is 0 Å². The highest BCUT2D eigenvalue weighted by Gasteiger charge is 2.34. The summed E-state index contributed by atoms with van der Waals surface area (Å²) < 4.78 is 7.50. The first-order chi connectivity index (χ1) is 12.7. The molecule has 3 aliphatic rings. The third-order valence-electron chi connectivity index (χ3n) is 6.72. The summed E-state index contributed by atoms with van der Waals surface area (Å²) in [7, 11) is 2.07. The molecule has 0 saturated carbocycles. The van der Waals surface area contributed by atoms with Crippen LogP contribution in [0.3, 0.4) is 0 Å². The van der Waals surface area contributed by atoms with E-state index in [-0.39, 0.29) is 5.92 Å². The Labute approximate surface area is 156 Å². The van der Waals surface area contributed by atoms with Crippen molar-refractivity contribution in [3.8, 4) is 0 Å². The summed E-state index contributed by atoms with van der Waals surface area (Å²) in [4.78, 5) is 21.6. The van der Waals surface area contributed by atoms with Gasteiger partial charge in [-0.05, 0) is 57.0 Å². The van der Waals surface area contributed by atoms with Gasteiger partial charge in [-0.3, -0.25) is 9.69 Å². The highest BCUT2D eigenvalue weighted by Crippen LogP contribution is 2.33. The van der Waals surface area contributed by atoms with Gasteiger partial charge in [0.2, 0.25) is 5.91 Å². The third kappa shape index (κ3) is 3.96. The number of amides is 1. The molecule has 1 atom stereocenters. The molecule has 4 rings (SSSR count). The average Bonchev–Trinajstić information content (AvgIpc) is 3.35. The van der Waals surface area contributed by atoms with E-state index in [1.54, 1.807) is 0 Å². The van der Waals surface area contributed by atoms with Crippen LogP contribution < -0.4 is 0 Å². The van der Waals surface area contributed by atoms with Gasteiger partial charge in [-0.15, -0.1) is 0 Å². The molecule has 3 saturated heterocycles. The number of carbonyl (C=O) groups is 1. The Balaban J connectivity index is 1.21. The molecule has 1 aromatic heterocycles. The lowest BCUT2D eigenvalue weighted by Gasteiger charge is -2.40. The fourth-order valence-electron chi connectivity index (χ4n) is 4.91. The van der Waals surface area contributed by atoms with Gasteiger partial charge >= 0.3 is 0 Å². The molecule has 0 aromatic carbocycles. The number of rotatable bonds is 4. The SMILES string of the molecule is Cn1ccnc1CN1CCC(C2CCN(C(=O)C3CCOC3)CC2)CC1. The Bertz CT molecular complexity index is 595. The lowest BCUT2D eigenvalue weighted by Crippen LogP contribution is -2.44. The molecule has 0 bridgehead atoms. The van der Waals surface area contributed by atoms with Gasteiger partial charge in [0, 0.05) is 39.1 Å². The van der Waals surface area contributed by atoms with Gasteiger partial charge in [-0.25, -0.2) is 4.98 Å². The predicted molar refractivity (Wildman–Crippen MR) is 99.4 cm³/mol. The van der Waals surface area contributed by atoms with Crippen LogP contribution in [-0.4, -0.2) is 64.7 Å². The Morgan fingerprint density at radius 2 is 1.81 bits per heavy atom. The largest absolute Gasteiger partial charge is 0.381 e. The van der Waals surface area contributed by atoms with Crippen LogP contribution >= 0.6 is 0 Å². The molecule has 0 radical (unpaired) electrons. The molecule has 1 amide bonds. The summed E-state index contributed by atoms with van der Waals surface area (Å²) >= 11 is 0. The van der Waals surface area contributed by atoms with Crippen molar-refractivity contribution in [1.29, 1.82) is 0 Å². The summed E-state index contributed by atoms with van der Waals surface area (Å²) in [5, 5.41) is 0. The highest BCUT2D eigenvalue weighted by molar-refractivity contribution is 5.79. The average molecular weight is 361 g/mol. The van der Waals surface area contributed by atoms with Crippen molar-refractivity contribution in [2.24, 2.45) is 24.8 Å². The lowest BCUT2D eigenvalue weighted by atomic mass is 9.78. The zero-order chi connectivity index (χ0) is 17.9. The van der Waals surface area contributed by atoms with Crippen LogP contribution in [-0.2, 0) is 23.1 Å². The molecule has 0 aliphatic carbocycles. The van der Waals surface area contributed by atoms with Crippen LogP contribution in [0.5, 0.6) is 0 Å². The third-order valence-corrected chi connectivity index (χ3v) is 6.72. The van der Waals surface area contributed by atoms with Crippen LogP contribution in [0.4, 0.5) is 0 Å². The summed E-state index contributed by atoms with van der Waals surface area (Å²) in [5.74, 6) is 3.26. The van der Waals surface area contributed by atoms with Gasteiger partial charge < -0.3 is 14.2 Å². The smallest absolute Gasteiger partial charge is 0.228 e. The number of ether oxygens (including phenoxy) is 1. The number of likely N-dealkylation sites (tertiary alicyclic amines) is 2. The monoisotopic (exact) mass is 360 g/mol. The summed E-state index contributed by atoms with van der Waals surface area (Å²) in [5.41, 5.74) is 0. The van der Waals surface area contributed by atoms with E-state index < -0.39 is 0 Å². The Morgan fingerprint density at radius 1 is 1.12 bits per heavy atom. The minimum Gasteiger partial charge on any atom is -0.381 e. The number of aromatic nitrogens is 2. The molecule has 3 aliphatic heterocycles. The van der Waals surface area contributed by atoms with E-state index in [1.165, 1.54) is 38.8 Å². The van der Waals surface area contributed by atoms with Crippen LogP contribution in [0.25, 0.3) is 0 Å². The van der Waals surface area contributed by atoms with Gasteiger partial charge in [0.15, 0.2) is 0 Å². The normalized spacial score (nSPS) is 26.5. The van der Waals surface area contributed by atoms with Crippen LogP contribution in [0, 0.1) is 17.8 Å². The van der Waals surface area contributed by atoms with E-state index >= 15 is 0 Å². The second-order valence-electron chi connectivity index (χ2n) is 8.29. The minimum absolute atomic E-state index is 0.126. The molecule has 1 unspecified atom stereocenters. The van der Waals surface area contributed by atoms with Crippen LogP contribution in [0.15, 0.2) is 12.4 Å². The summed E-state index contributed by atoms with van der Waals surface area (Å²) in [6.07, 6.45) is 9.77. The Hall–Kier alpha value is -1.40. The number of piperidine rings is 2. The standard InChI is InChI=1S/C20H32N4O2/c1-22-12-7-21-19(22)14-23-8-2-16(3-9-23)17-4-10-24(11-5-17)20(25)18-6-13-26-15-18/h7,12,16-18H,2-6,8-11,13-15H2,1H3. The number of hydrogen-bond donors (Lipinski definition) is 0. The molecule has 4 heterocycles. The van der Waals surface area contributed by atoms with Crippen molar-refractivity contribution in [3.63, 3.8) is 0 Å². The maximum absolute atomic E-state index is 12.5. The molecule has 1 aromatic rings. The summed E-state index contributed by atoms with van der Waals surface area (Å²) in [6, 6.07) is 0. The fourth-order valence-corrected chi connectivity index (χ4v) is 4.91. The Morgan fingerprint density at radius 3 is 2.38 bits per heavy atom. The van der Waals surface area contributed by atoms with Crippen molar-refractivity contribution in [3.05, 3.63) is 18.2 Å². The van der Waals surface area contributed by atoms with Crippen LogP contribution in [0.1, 0.15) is 37.9 Å². The van der Waals surface area contributed by atoms with E-state index in [9.17, 15) is 4.79 Å². The quantitative estimate of drug-likeness (QED) is 0.823. The number of imidazole rings is 1. The molecule has 144 valence electrons. The minimum atomic E-state index is 0.126. The van der Waals surface area contributed by atoms with Crippen molar-refractivity contribution in [1.82, 2.24) is 19.4 Å². The molecule has 0 spiro atoms. The number of nitrogens with zero attached hydrogens (tertiary/aromatic N) is 4. The van der Waals surface area contributed by atoms with Crippen molar-refractivity contribution in [2.75, 3.05) is 39.4 Å². The van der Waals surface area contributed by atoms with Crippen molar-refractivity contribution >= 4 is 5.91 Å². The van der Waals surface area contributed by atoms with E-state index in [0.29, 0.717) is 12.5 Å². The molecule has 3 fully saturated rings. The summed E-state index contributed by atoms with van der Waals surface area (Å²) in [6.45, 7) is 6.61. The number of carbonyl (C=O) groups excluding carboxylic acids is 1. The molecular formula is C20H32N4O2. The number of hydrogen-bond acceptors (Lipinski definition) is 4. The van der Waals surface area contributed by atoms with Gasteiger partial charge in [-0.1, -0.05) is 0 Å². The highest BCUT2D eigenvalue weighted by atomic mass is 16.5. The van der Waals surface area contributed by atoms with Gasteiger partial charge in [0.05, 0.1) is 19.1 Å². The van der Waals surface area contributed by atoms with E-state index in [0.717, 1.165) is 50.3 Å². The fraction of sp³-hybridized carbons (Fsp3) is 0.800. The van der Waals surface area contributed by atoms with Gasteiger partial charge in [0.25, 0.3) is 0 Å². The molecule has 0 N–H and O–H groups in total. The van der Waals surface area contributed by atoms with Crippen molar-refractivity contribution < 1.29 is 9.53 Å². The second kappa shape index (κ2) is 8.09. The predicted octanol–water partition coefficient (Wildman–Crippen LogP) is 1.91. The first kappa shape index (κ1) is 18.0. The van der Waals surface area contributed by atoms with Gasteiger partial charge in [0.1, 0.15) is 5.82 Å². The maximum Gasteiger partial charge on any atom is 0.228 e. The first-order valence-electron chi connectivity index (χ1n) is 10.3. The number of aryl methyl sites for hydroxylation is 1. The molecule has 6 heteroatoms. The lowest BCUT2D eigenvalue weighted by molar-refractivity contribution is -0.137. The molecular weight excluding hydrogens is 328 g/mol. The maximum atomic E-state index is 12.5. The van der Waals surface area contributed by atoms with E-state index in [1.807, 2.05) is 12.4 Å².